The molecule has 0 spiro atoms. The maximum Gasteiger partial charge on any atom is 0.0963 e. The minimum absolute atomic E-state index is 0.0966. The summed E-state index contributed by atoms with van der Waals surface area (Å²) in [6.07, 6.45) is 1.13. The fourth-order valence-corrected chi connectivity index (χ4v) is 3.73. The molecule has 1 aromatic carbocycles. The van der Waals surface area contributed by atoms with Gasteiger partial charge in [-0.3, -0.25) is 0 Å². The van der Waals surface area contributed by atoms with Gasteiger partial charge in [0.2, 0.25) is 0 Å². The van der Waals surface area contributed by atoms with Crippen LogP contribution < -0.4 is 5.73 Å². The normalized spacial score (nSPS) is 20.0. The first-order chi connectivity index (χ1) is 7.81. The lowest BCUT2D eigenvalue weighted by atomic mass is 10.0. The Bertz CT molecular complexity index is 532. The van der Waals surface area contributed by atoms with Crippen LogP contribution in [0.3, 0.4) is 0 Å². The van der Waals surface area contributed by atoms with Crippen molar-refractivity contribution in [1.82, 2.24) is 0 Å². The van der Waals surface area contributed by atoms with Crippen molar-refractivity contribution >= 4 is 21.4 Å². The molecule has 16 heavy (non-hydrogen) atoms. The van der Waals surface area contributed by atoms with Gasteiger partial charge < -0.3 is 10.5 Å². The second-order valence-corrected chi connectivity index (χ2v) is 5.34. The van der Waals surface area contributed by atoms with Crippen LogP contribution in [0, 0.1) is 6.92 Å². The van der Waals surface area contributed by atoms with Gasteiger partial charge in [0, 0.05) is 28.1 Å². The quantitative estimate of drug-likeness (QED) is 0.822. The maximum atomic E-state index is 5.79. The Morgan fingerprint density at radius 1 is 1.50 bits per heavy atom. The van der Waals surface area contributed by atoms with E-state index in [0.29, 0.717) is 6.54 Å². The maximum absolute atomic E-state index is 5.79. The zero-order valence-electron chi connectivity index (χ0n) is 9.32. The Hall–Kier alpha value is -0.900. The van der Waals surface area contributed by atoms with Gasteiger partial charge in [-0.15, -0.1) is 11.3 Å². The van der Waals surface area contributed by atoms with Gasteiger partial charge in [0.15, 0.2) is 0 Å². The Kier molecular flexibility index (Phi) is 2.46. The molecule has 0 bridgehead atoms. The molecular weight excluding hydrogens is 218 g/mol. The number of fused-ring (bicyclic) bond motifs is 3. The second-order valence-electron chi connectivity index (χ2n) is 4.24. The topological polar surface area (TPSA) is 35.2 Å². The first-order valence-electron chi connectivity index (χ1n) is 5.64. The predicted octanol–water partition coefficient (Wildman–Crippen LogP) is 2.78. The van der Waals surface area contributed by atoms with Crippen molar-refractivity contribution < 1.29 is 4.74 Å². The van der Waals surface area contributed by atoms with Crippen LogP contribution in [0.15, 0.2) is 18.2 Å². The number of ether oxygens (including phenoxy) is 1. The Morgan fingerprint density at radius 3 is 3.19 bits per heavy atom. The average Bonchev–Trinajstić information content (AvgIpc) is 2.69. The van der Waals surface area contributed by atoms with E-state index < -0.39 is 0 Å². The summed E-state index contributed by atoms with van der Waals surface area (Å²) >= 11 is 1.91. The molecule has 2 heterocycles. The van der Waals surface area contributed by atoms with Gasteiger partial charge in [-0.05, 0) is 17.9 Å². The van der Waals surface area contributed by atoms with Crippen LogP contribution in [0.4, 0.5) is 0 Å². The van der Waals surface area contributed by atoms with Crippen LogP contribution in [0.5, 0.6) is 0 Å². The van der Waals surface area contributed by atoms with Gasteiger partial charge in [0.05, 0.1) is 12.7 Å². The molecule has 1 aromatic heterocycles. The average molecular weight is 233 g/mol. The van der Waals surface area contributed by atoms with Gasteiger partial charge in [0.1, 0.15) is 0 Å². The first kappa shape index (κ1) is 10.3. The van der Waals surface area contributed by atoms with E-state index in [4.69, 9.17) is 10.5 Å². The molecule has 0 amide bonds. The summed E-state index contributed by atoms with van der Waals surface area (Å²) in [5.74, 6) is 0. The third kappa shape index (κ3) is 1.39. The third-order valence-corrected chi connectivity index (χ3v) is 4.63. The summed E-state index contributed by atoms with van der Waals surface area (Å²) < 4.78 is 7.14. The largest absolute Gasteiger partial charge is 0.372 e. The molecule has 0 aliphatic carbocycles. The summed E-state index contributed by atoms with van der Waals surface area (Å²) in [7, 11) is 0. The monoisotopic (exact) mass is 233 g/mol. The van der Waals surface area contributed by atoms with Crippen LogP contribution in [-0.2, 0) is 11.2 Å². The molecule has 3 heteroatoms. The van der Waals surface area contributed by atoms with Crippen LogP contribution in [0.1, 0.15) is 22.1 Å². The first-order valence-corrected chi connectivity index (χ1v) is 6.45. The number of rotatable bonds is 1. The lowest BCUT2D eigenvalue weighted by molar-refractivity contribution is 0.0508. The van der Waals surface area contributed by atoms with Crippen molar-refractivity contribution in [2.45, 2.75) is 19.4 Å². The number of aryl methyl sites for hydroxylation is 1. The molecular formula is C13H15NOS. The minimum Gasteiger partial charge on any atom is -0.372 e. The lowest BCUT2D eigenvalue weighted by Crippen LogP contribution is -2.21. The molecule has 1 atom stereocenters. The zero-order chi connectivity index (χ0) is 11.1. The Balaban J connectivity index is 2.30. The van der Waals surface area contributed by atoms with Crippen LogP contribution in [-0.4, -0.2) is 13.2 Å². The van der Waals surface area contributed by atoms with Crippen molar-refractivity contribution in [1.29, 1.82) is 0 Å². The molecule has 1 aliphatic heterocycles. The third-order valence-electron chi connectivity index (χ3n) is 3.21. The summed E-state index contributed by atoms with van der Waals surface area (Å²) in [6, 6.07) is 6.48. The van der Waals surface area contributed by atoms with E-state index in [1.54, 1.807) is 0 Å². The molecule has 2 aromatic rings. The minimum atomic E-state index is 0.0966. The number of hydrogen-bond acceptors (Lipinski definition) is 3. The van der Waals surface area contributed by atoms with Gasteiger partial charge in [-0.1, -0.05) is 18.2 Å². The van der Waals surface area contributed by atoms with Crippen LogP contribution in [0.25, 0.3) is 10.1 Å². The molecule has 1 unspecified atom stereocenters. The summed E-state index contributed by atoms with van der Waals surface area (Å²) in [5, 5.41) is 1.34. The van der Waals surface area contributed by atoms with Crippen molar-refractivity contribution in [3.05, 3.63) is 34.2 Å². The van der Waals surface area contributed by atoms with E-state index in [9.17, 15) is 0 Å². The molecule has 0 saturated heterocycles. The van der Waals surface area contributed by atoms with Crippen molar-refractivity contribution in [3.63, 3.8) is 0 Å². The number of nitrogens with two attached hydrogens (primary N) is 1. The van der Waals surface area contributed by atoms with Gasteiger partial charge in [0.25, 0.3) is 0 Å². The molecule has 1 aliphatic rings. The molecule has 2 N–H and O–H groups in total. The SMILES string of the molecule is Cc1cccc2c3c(sc12)CCOC3CN. The fraction of sp³-hybridized carbons (Fsp3) is 0.385. The highest BCUT2D eigenvalue weighted by Gasteiger charge is 2.24. The van der Waals surface area contributed by atoms with Crippen molar-refractivity contribution in [2.24, 2.45) is 5.73 Å². The van der Waals surface area contributed by atoms with Crippen molar-refractivity contribution in [3.8, 4) is 0 Å². The summed E-state index contributed by atoms with van der Waals surface area (Å²) in [4.78, 5) is 1.46. The Morgan fingerprint density at radius 2 is 2.38 bits per heavy atom. The van der Waals surface area contributed by atoms with E-state index >= 15 is 0 Å². The smallest absolute Gasteiger partial charge is 0.0963 e. The van der Waals surface area contributed by atoms with Gasteiger partial charge in [-0.25, -0.2) is 0 Å². The van der Waals surface area contributed by atoms with E-state index in [1.807, 2.05) is 11.3 Å². The molecule has 0 fully saturated rings. The van der Waals surface area contributed by atoms with Gasteiger partial charge in [-0.2, -0.15) is 0 Å². The second kappa shape index (κ2) is 3.84. The zero-order valence-corrected chi connectivity index (χ0v) is 10.1. The van der Waals surface area contributed by atoms with Crippen molar-refractivity contribution in [2.75, 3.05) is 13.2 Å². The molecule has 84 valence electrons. The van der Waals surface area contributed by atoms with Gasteiger partial charge >= 0.3 is 0 Å². The van der Waals surface area contributed by atoms with E-state index in [1.165, 1.54) is 26.1 Å². The lowest BCUT2D eigenvalue weighted by Gasteiger charge is -2.22. The highest BCUT2D eigenvalue weighted by Crippen LogP contribution is 2.40. The molecule has 3 rings (SSSR count). The fourth-order valence-electron chi connectivity index (χ4n) is 2.43. The number of hydrogen-bond donors (Lipinski definition) is 1. The van der Waals surface area contributed by atoms with Crippen LogP contribution >= 0.6 is 11.3 Å². The highest BCUT2D eigenvalue weighted by atomic mass is 32.1. The standard InChI is InChI=1S/C13H15NOS/c1-8-3-2-4-9-12-10(7-14)15-6-5-11(12)16-13(8)9/h2-4,10H,5-7,14H2,1H3. The summed E-state index contributed by atoms with van der Waals surface area (Å²) in [5.41, 5.74) is 8.49. The summed E-state index contributed by atoms with van der Waals surface area (Å²) in [6.45, 7) is 3.55. The number of thiophene rings is 1. The van der Waals surface area contributed by atoms with E-state index in [0.717, 1.165) is 13.0 Å². The molecule has 2 nitrogen and oxygen atoms in total. The highest BCUT2D eigenvalue weighted by molar-refractivity contribution is 7.19. The van der Waals surface area contributed by atoms with Crippen LogP contribution in [0.2, 0.25) is 0 Å². The van der Waals surface area contributed by atoms with E-state index in [-0.39, 0.29) is 6.10 Å². The predicted molar refractivity (Wildman–Crippen MR) is 68.0 cm³/mol. The van der Waals surface area contributed by atoms with E-state index in [2.05, 4.69) is 25.1 Å². The number of benzene rings is 1. The Labute approximate surface area is 99.0 Å². The molecule has 0 saturated carbocycles. The molecule has 0 radical (unpaired) electrons.